The molecule has 18 nitrogen and oxygen atoms in total. The Morgan fingerprint density at radius 2 is 1.31 bits per heavy atom. The molecular weight excluding hydrogens is 964 g/mol. The van der Waals surface area contributed by atoms with E-state index in [-0.39, 0.29) is 16.8 Å². The summed E-state index contributed by atoms with van der Waals surface area (Å²) < 4.78 is 159. The largest absolute Gasteiger partial charge is 0.458 e. The van der Waals surface area contributed by atoms with Crippen LogP contribution in [-0.2, 0) is 46.4 Å². The zero-order chi connectivity index (χ0) is 53.1. The second-order valence-corrected chi connectivity index (χ2v) is 16.7. The molecule has 5 amide bonds. The molecule has 0 aliphatic rings. The number of halogens is 10. The van der Waals surface area contributed by atoms with Crippen LogP contribution < -0.4 is 27.1 Å². The molecule has 0 spiro atoms. The molecule has 0 saturated heterocycles. The van der Waals surface area contributed by atoms with Gasteiger partial charge in [-0.2, -0.15) is 40.2 Å². The maximum atomic E-state index is 15.9. The molecule has 6 N–H and O–H groups in total. The second kappa shape index (κ2) is 23.7. The van der Waals surface area contributed by atoms with E-state index < -0.39 is 139 Å². The highest BCUT2D eigenvalue weighted by atomic mass is 19.4. The van der Waals surface area contributed by atoms with Gasteiger partial charge < -0.3 is 40.8 Å². The smallest absolute Gasteiger partial charge is 0.407 e. The first-order valence-corrected chi connectivity index (χ1v) is 20.6. The summed E-state index contributed by atoms with van der Waals surface area (Å²) in [5.41, 5.74) is 0.743. The van der Waals surface area contributed by atoms with E-state index in [0.717, 1.165) is 38.4 Å². The Balaban J connectivity index is 2.15. The second-order valence-electron chi connectivity index (χ2n) is 16.7. The fraction of sp³-hybridized carbons (Fsp3) is 0.500. The predicted octanol–water partition coefficient (Wildman–Crippen LogP) is 4.74. The number of hydrogen-bond donors (Lipinski definition) is 5. The first-order chi connectivity index (χ1) is 32.3. The number of benzene rings is 2. The number of nitrogens with two attached hydrogens (primary N) is 1. The molecule has 0 fully saturated rings. The van der Waals surface area contributed by atoms with Crippen molar-refractivity contribution in [1.29, 1.82) is 0 Å². The predicted molar refractivity (Wildman–Crippen MR) is 224 cm³/mol. The minimum absolute atomic E-state index is 0.00145. The van der Waals surface area contributed by atoms with Crippen molar-refractivity contribution in [2.45, 2.75) is 83.8 Å². The number of carbonyl (C=O) groups excluding carboxylic acids is 6. The molecule has 0 radical (unpaired) electrons. The van der Waals surface area contributed by atoms with Gasteiger partial charge in [-0.25, -0.2) is 28.1 Å². The van der Waals surface area contributed by atoms with Crippen LogP contribution in [0.25, 0.3) is 11.3 Å². The van der Waals surface area contributed by atoms with E-state index in [1.54, 1.807) is 41.0 Å². The quantitative estimate of drug-likeness (QED) is 0.0422. The summed E-state index contributed by atoms with van der Waals surface area (Å²) in [4.78, 5) is 79.4. The summed E-state index contributed by atoms with van der Waals surface area (Å²) >= 11 is 0. The highest BCUT2D eigenvalue weighted by Gasteiger charge is 2.57. The number of hydrazine groups is 1. The van der Waals surface area contributed by atoms with Crippen LogP contribution in [0.4, 0.5) is 53.5 Å². The molecule has 3 rings (SSSR count). The molecule has 4 atom stereocenters. The number of esters is 1. The fourth-order valence-electron chi connectivity index (χ4n) is 6.33. The molecule has 1 unspecified atom stereocenters. The van der Waals surface area contributed by atoms with Crippen LogP contribution in [0.3, 0.4) is 0 Å². The molecule has 3 aromatic rings. The molecule has 1 heterocycles. The van der Waals surface area contributed by atoms with Gasteiger partial charge in [-0.15, -0.1) is 0 Å². The summed E-state index contributed by atoms with van der Waals surface area (Å²) in [6, 6.07) is 4.31. The first-order valence-electron chi connectivity index (χ1n) is 20.6. The molecular formula is C42H51F10N9O9. The lowest BCUT2D eigenvalue weighted by Crippen LogP contribution is -2.62. The lowest BCUT2D eigenvalue weighted by atomic mass is 9.83. The van der Waals surface area contributed by atoms with Crippen molar-refractivity contribution in [3.05, 3.63) is 77.5 Å². The van der Waals surface area contributed by atoms with Gasteiger partial charge in [-0.1, -0.05) is 30.3 Å². The van der Waals surface area contributed by atoms with Crippen LogP contribution >= 0.6 is 0 Å². The number of carbonyl (C=O) groups is 6. The van der Waals surface area contributed by atoms with Gasteiger partial charge in [0.05, 0.1) is 49.9 Å². The number of nitrogens with one attached hydrogen (secondary N) is 4. The van der Waals surface area contributed by atoms with Crippen molar-refractivity contribution >= 4 is 35.9 Å². The highest BCUT2D eigenvalue weighted by molar-refractivity contribution is 5.88. The average molecular weight is 1020 g/mol. The van der Waals surface area contributed by atoms with Crippen molar-refractivity contribution in [2.75, 3.05) is 40.9 Å². The minimum atomic E-state index is -5.26. The third kappa shape index (κ3) is 15.1. The van der Waals surface area contributed by atoms with Crippen molar-refractivity contribution < 1.29 is 86.9 Å². The molecule has 0 bridgehead atoms. The third-order valence-corrected chi connectivity index (χ3v) is 10.8. The summed E-state index contributed by atoms with van der Waals surface area (Å²) in [6.45, 7) is -5.45. The molecule has 0 aliphatic carbocycles. The molecule has 0 saturated carbocycles. The summed E-state index contributed by atoms with van der Waals surface area (Å²) in [7, 11) is 2.66. The third-order valence-electron chi connectivity index (χ3n) is 10.8. The van der Waals surface area contributed by atoms with E-state index in [0.29, 0.717) is 50.4 Å². The Morgan fingerprint density at radius 3 is 1.79 bits per heavy atom. The number of methoxy groups -OCH3 is 2. The van der Waals surface area contributed by atoms with Crippen LogP contribution in [0.5, 0.6) is 0 Å². The van der Waals surface area contributed by atoms with Gasteiger partial charge in [0.1, 0.15) is 36.4 Å². The Hall–Kier alpha value is -6.71. The van der Waals surface area contributed by atoms with Crippen LogP contribution in [0.2, 0.25) is 0 Å². The van der Waals surface area contributed by atoms with E-state index in [4.69, 9.17) is 10.5 Å². The van der Waals surface area contributed by atoms with Crippen LogP contribution in [-0.4, -0.2) is 133 Å². The maximum Gasteiger partial charge on any atom is 0.407 e. The van der Waals surface area contributed by atoms with Gasteiger partial charge in [-0.3, -0.25) is 24.6 Å². The first kappa shape index (κ1) is 57.6. The number of rotatable bonds is 21. The number of alkyl halides is 8. The number of hydrogen-bond acceptors (Lipinski definition) is 12. The number of nitrogens with zero attached hydrogens (tertiary/aromatic N) is 4. The lowest BCUT2D eigenvalue weighted by molar-refractivity contribution is -0.221. The van der Waals surface area contributed by atoms with E-state index in [9.17, 15) is 63.9 Å². The van der Waals surface area contributed by atoms with Crippen LogP contribution in [0.15, 0.2) is 54.7 Å². The van der Waals surface area contributed by atoms with Crippen molar-refractivity contribution in [1.82, 2.24) is 41.1 Å². The molecule has 388 valence electrons. The zero-order valence-corrected chi connectivity index (χ0v) is 38.4. The number of ether oxygens (including phenoxy) is 3. The Kier molecular flexibility index (Phi) is 19.5. The van der Waals surface area contributed by atoms with Gasteiger partial charge >= 0.3 is 37.1 Å². The minimum Gasteiger partial charge on any atom is -0.458 e. The van der Waals surface area contributed by atoms with Gasteiger partial charge in [0, 0.05) is 30.9 Å². The van der Waals surface area contributed by atoms with E-state index in [1.807, 2.05) is 10.7 Å². The Morgan fingerprint density at radius 1 is 0.800 bits per heavy atom. The highest BCUT2D eigenvalue weighted by Crippen LogP contribution is 2.42. The topological polar surface area (TPSA) is 229 Å². The monoisotopic (exact) mass is 1020 g/mol. The normalized spacial score (nSPS) is 13.9. The standard InChI is InChI=1S/C42H51F10N9O9/c1-39(2,41(47,48)49)31(55-37(66)68-6)33(63)54-18-24(70-30(62)21-59(5)35(65)28(53)15-22-11-9-8-10-12-22)19-60(58-34(64)32(56-38(67)69-7)40(3,4)42(50,51)52)20-25-26(43)16-23(17-27(25)44)29-13-14-61(57-29)36(45)46/h8-14,16-17,24,28,31-32,36H,15,18-21,53H2,1-7H3,(H,54,63)(H,55,66)(H,56,67)(H,58,64)/t24-,28+,31?,32-/m1/s1. The van der Waals surface area contributed by atoms with E-state index in [1.165, 1.54) is 0 Å². The van der Waals surface area contributed by atoms with Gasteiger partial charge in [0.15, 0.2) is 0 Å². The van der Waals surface area contributed by atoms with Crippen molar-refractivity contribution in [2.24, 2.45) is 16.6 Å². The summed E-state index contributed by atoms with van der Waals surface area (Å²) in [6.07, 6.45) is -14.7. The number of alkyl carbamates (subject to hydrolysis) is 2. The fourth-order valence-corrected chi connectivity index (χ4v) is 6.33. The molecule has 0 aliphatic heterocycles. The molecule has 1 aromatic heterocycles. The van der Waals surface area contributed by atoms with Gasteiger partial charge in [-0.05, 0) is 57.9 Å². The van der Waals surface area contributed by atoms with Crippen molar-refractivity contribution in [3.63, 3.8) is 0 Å². The van der Waals surface area contributed by atoms with Crippen LogP contribution in [0, 0.1) is 22.5 Å². The average Bonchev–Trinajstić information content (AvgIpc) is 3.77. The number of likely N-dealkylation sites (N-methyl/N-ethyl adjacent to an activating group) is 1. The molecule has 70 heavy (non-hydrogen) atoms. The van der Waals surface area contributed by atoms with E-state index in [2.05, 4.69) is 14.6 Å². The van der Waals surface area contributed by atoms with Gasteiger partial charge in [0.25, 0.3) is 5.91 Å². The molecule has 2 aromatic carbocycles. The van der Waals surface area contributed by atoms with Gasteiger partial charge in [0.2, 0.25) is 11.8 Å². The Bertz CT molecular complexity index is 2290. The molecule has 28 heteroatoms. The lowest BCUT2D eigenvalue weighted by Gasteiger charge is -2.37. The van der Waals surface area contributed by atoms with Crippen LogP contribution in [0.1, 0.15) is 45.4 Å². The van der Waals surface area contributed by atoms with Crippen molar-refractivity contribution in [3.8, 4) is 11.3 Å². The SMILES string of the molecule is COC(=O)NC(C(=O)NC[C@H](CN(Cc1c(F)cc(-c2ccn(C(F)F)n2)cc1F)NC(=O)[C@@H](NC(=O)OC)C(C)(C)C(F)(F)F)OC(=O)CN(C)C(=O)[C@@H](N)Cc1ccccc1)C(C)(C)C(F)(F)F. The zero-order valence-electron chi connectivity index (χ0n) is 38.4. The number of amides is 5. The maximum absolute atomic E-state index is 15.9. The van der Waals surface area contributed by atoms with E-state index >= 15 is 8.78 Å². The summed E-state index contributed by atoms with van der Waals surface area (Å²) in [5, 5.41) is 9.50. The summed E-state index contributed by atoms with van der Waals surface area (Å²) in [5.74, 6) is -8.44. The Labute approximate surface area is 393 Å². The number of aromatic nitrogens is 2.